The molecule has 1 heterocycles. The Morgan fingerprint density at radius 1 is 0.745 bits per heavy atom. The quantitative estimate of drug-likeness (QED) is 0.0568. The van der Waals surface area contributed by atoms with Gasteiger partial charge in [-0.3, -0.25) is 43.2 Å². The number of hydrogen-bond acceptors (Lipinski definition) is 10. The van der Waals surface area contributed by atoms with Gasteiger partial charge < -0.3 is 53.4 Å². The fraction of sp³-hybridized carbons (Fsp3) is 0.719. The molecule has 8 amide bonds. The number of nitrogens with zero attached hydrogens (tertiary/aromatic N) is 1. The van der Waals surface area contributed by atoms with E-state index in [4.69, 9.17) is 16.6 Å². The van der Waals surface area contributed by atoms with Gasteiger partial charge in [0, 0.05) is 13.0 Å². The molecule has 0 aromatic carbocycles. The summed E-state index contributed by atoms with van der Waals surface area (Å²) in [6.07, 6.45) is 0.601. The van der Waals surface area contributed by atoms with Crippen molar-refractivity contribution >= 4 is 53.2 Å². The number of amides is 8. The zero-order valence-electron chi connectivity index (χ0n) is 30.2. The van der Waals surface area contributed by atoms with Crippen LogP contribution in [0.1, 0.15) is 73.6 Å². The zero-order chi connectivity index (χ0) is 39.0. The summed E-state index contributed by atoms with van der Waals surface area (Å²) >= 11 is 0. The minimum absolute atomic E-state index is 0.105. The van der Waals surface area contributed by atoms with Crippen molar-refractivity contribution in [2.45, 2.75) is 104 Å². The van der Waals surface area contributed by atoms with Gasteiger partial charge in [-0.2, -0.15) is 0 Å². The molecule has 1 aliphatic rings. The predicted molar refractivity (Wildman–Crippen MR) is 183 cm³/mol. The van der Waals surface area contributed by atoms with Gasteiger partial charge in [-0.25, -0.2) is 0 Å². The first-order valence-corrected chi connectivity index (χ1v) is 17.0. The zero-order valence-corrected chi connectivity index (χ0v) is 30.2. The lowest BCUT2D eigenvalue weighted by Gasteiger charge is -2.30. The molecule has 288 valence electrons. The highest BCUT2D eigenvalue weighted by atomic mass is 16.4. The summed E-state index contributed by atoms with van der Waals surface area (Å²) in [6.45, 7) is 9.11. The predicted octanol–water partition coefficient (Wildman–Crippen LogP) is -3.18. The van der Waals surface area contributed by atoms with Crippen molar-refractivity contribution in [1.82, 2.24) is 36.8 Å². The number of rotatable bonds is 21. The van der Waals surface area contributed by atoms with Gasteiger partial charge in [0.05, 0.1) is 13.1 Å². The molecule has 5 atom stereocenters. The van der Waals surface area contributed by atoms with Crippen LogP contribution in [0, 0.1) is 17.8 Å². The van der Waals surface area contributed by atoms with Crippen LogP contribution in [-0.4, -0.2) is 120 Å². The Morgan fingerprint density at radius 3 is 1.82 bits per heavy atom. The lowest BCUT2D eigenvalue weighted by molar-refractivity contribution is -0.139. The number of aliphatic carboxylic acids is 1. The van der Waals surface area contributed by atoms with E-state index < -0.39 is 108 Å². The summed E-state index contributed by atoms with van der Waals surface area (Å²) in [7, 11) is 0. The van der Waals surface area contributed by atoms with Gasteiger partial charge in [0.2, 0.25) is 47.3 Å². The lowest BCUT2D eigenvalue weighted by Crippen LogP contribution is -2.60. The largest absolute Gasteiger partial charge is 0.480 e. The number of carboxylic acids is 1. The smallest absolute Gasteiger partial charge is 0.322 e. The van der Waals surface area contributed by atoms with Crippen molar-refractivity contribution in [2.75, 3.05) is 26.2 Å². The number of carbonyl (C=O) groups is 9. The third kappa shape index (κ3) is 15.3. The normalized spacial score (nSPS) is 16.4. The fourth-order valence-corrected chi connectivity index (χ4v) is 5.33. The third-order valence-electron chi connectivity index (χ3n) is 8.06. The molecule has 0 bridgehead atoms. The second-order valence-electron chi connectivity index (χ2n) is 13.6. The Bertz CT molecular complexity index is 1290. The van der Waals surface area contributed by atoms with Crippen LogP contribution in [0.3, 0.4) is 0 Å². The number of nitrogens with two attached hydrogens (primary N) is 2. The number of carbonyl (C=O) groups excluding carboxylic acids is 8. The van der Waals surface area contributed by atoms with Gasteiger partial charge in [-0.15, -0.1) is 0 Å². The van der Waals surface area contributed by atoms with Gasteiger partial charge in [0.1, 0.15) is 36.8 Å². The van der Waals surface area contributed by atoms with Crippen LogP contribution < -0.4 is 43.4 Å². The van der Waals surface area contributed by atoms with E-state index >= 15 is 0 Å². The van der Waals surface area contributed by atoms with E-state index in [1.165, 1.54) is 4.90 Å². The summed E-state index contributed by atoms with van der Waals surface area (Å²) in [6, 6.07) is -5.64. The van der Waals surface area contributed by atoms with E-state index in [0.29, 0.717) is 19.4 Å². The molecule has 1 aliphatic heterocycles. The maximum atomic E-state index is 13.6. The summed E-state index contributed by atoms with van der Waals surface area (Å²) in [5.41, 5.74) is 10.8. The molecule has 19 nitrogen and oxygen atoms in total. The fourth-order valence-electron chi connectivity index (χ4n) is 5.33. The third-order valence-corrected chi connectivity index (χ3v) is 8.06. The van der Waals surface area contributed by atoms with E-state index in [1.54, 1.807) is 27.7 Å². The van der Waals surface area contributed by atoms with E-state index in [9.17, 15) is 43.2 Å². The first-order valence-electron chi connectivity index (χ1n) is 17.0. The molecule has 0 radical (unpaired) electrons. The molecule has 51 heavy (non-hydrogen) atoms. The Morgan fingerprint density at radius 2 is 1.31 bits per heavy atom. The standard InChI is InChI=1S/C32H55N9O10/c1-16(2)12-20(29(48)39-26(17(3)4)31(50)36-14-23(43)35-15-25(45)46)38-32(51)27(18(5)6)40-28(47)19(9-10-22(34)42)37-30(49)21-8-7-11-41(21)24(44)13-33/h16-21,26-27H,7-15,33H2,1-6H3,(H2,34,42)(H,35,43)(H,36,50)(H,37,49)(H,38,51)(H,39,48)(H,40,47)(H,45,46)/t19-,20-,21+,26-,27-/m0/s1. The van der Waals surface area contributed by atoms with Crippen molar-refractivity contribution < 1.29 is 48.3 Å². The monoisotopic (exact) mass is 725 g/mol. The first kappa shape index (κ1) is 44.2. The topological polar surface area (TPSA) is 301 Å². The Labute approximate surface area is 297 Å². The number of primary amides is 1. The number of nitrogens with one attached hydrogen (secondary N) is 6. The average Bonchev–Trinajstić information content (AvgIpc) is 3.54. The van der Waals surface area contributed by atoms with Gasteiger partial charge in [0.25, 0.3) is 0 Å². The Balaban J connectivity index is 3.12. The van der Waals surface area contributed by atoms with Crippen LogP contribution in [0.15, 0.2) is 0 Å². The minimum atomic E-state index is -1.29. The van der Waals surface area contributed by atoms with Crippen molar-refractivity contribution in [3.8, 4) is 0 Å². The second-order valence-corrected chi connectivity index (χ2v) is 13.6. The van der Waals surface area contributed by atoms with Gasteiger partial charge >= 0.3 is 5.97 Å². The van der Waals surface area contributed by atoms with Crippen LogP contribution in [0.25, 0.3) is 0 Å². The molecule has 0 aromatic heterocycles. The molecule has 0 spiro atoms. The highest BCUT2D eigenvalue weighted by molar-refractivity contribution is 5.97. The van der Waals surface area contributed by atoms with Gasteiger partial charge in [-0.05, 0) is 43.4 Å². The average molecular weight is 726 g/mol. The van der Waals surface area contributed by atoms with Crippen molar-refractivity contribution in [2.24, 2.45) is 29.2 Å². The Kier molecular flexibility index (Phi) is 18.6. The van der Waals surface area contributed by atoms with Crippen LogP contribution >= 0.6 is 0 Å². The lowest BCUT2D eigenvalue weighted by atomic mass is 9.98. The second kappa shape index (κ2) is 21.4. The SMILES string of the molecule is CC(C)C[C@H](NC(=O)[C@@H](NC(=O)[C@H](CCC(N)=O)NC(=O)[C@H]1CCCN1C(=O)CN)C(C)C)C(=O)N[C@H](C(=O)NCC(=O)NCC(=O)O)C(C)C. The molecule has 1 fully saturated rings. The van der Waals surface area contributed by atoms with Crippen LogP contribution in [0.5, 0.6) is 0 Å². The number of hydrogen-bond donors (Lipinski definition) is 9. The Hall–Kier alpha value is -4.81. The molecule has 0 unspecified atom stereocenters. The van der Waals surface area contributed by atoms with Crippen molar-refractivity contribution in [3.63, 3.8) is 0 Å². The molecule has 1 rings (SSSR count). The summed E-state index contributed by atoms with van der Waals surface area (Å²) < 4.78 is 0. The van der Waals surface area contributed by atoms with Gasteiger partial charge in [0.15, 0.2) is 0 Å². The van der Waals surface area contributed by atoms with Crippen molar-refractivity contribution in [1.29, 1.82) is 0 Å². The van der Waals surface area contributed by atoms with E-state index in [2.05, 4.69) is 31.9 Å². The maximum Gasteiger partial charge on any atom is 0.322 e. The highest BCUT2D eigenvalue weighted by Crippen LogP contribution is 2.18. The summed E-state index contributed by atoms with van der Waals surface area (Å²) in [5, 5.41) is 23.6. The number of likely N-dealkylation sites (tertiary alicyclic amines) is 1. The summed E-state index contributed by atoms with van der Waals surface area (Å²) in [5.74, 6) is -7.77. The van der Waals surface area contributed by atoms with Crippen LogP contribution in [0.2, 0.25) is 0 Å². The molecule has 0 saturated carbocycles. The van der Waals surface area contributed by atoms with E-state index in [0.717, 1.165) is 0 Å². The molecular formula is C32H55N9O10. The highest BCUT2D eigenvalue weighted by Gasteiger charge is 2.37. The minimum Gasteiger partial charge on any atom is -0.480 e. The molecule has 0 aromatic rings. The molecular weight excluding hydrogens is 670 g/mol. The van der Waals surface area contributed by atoms with Gasteiger partial charge in [-0.1, -0.05) is 41.5 Å². The van der Waals surface area contributed by atoms with Crippen molar-refractivity contribution in [3.05, 3.63) is 0 Å². The molecule has 19 heteroatoms. The maximum absolute atomic E-state index is 13.6. The molecule has 11 N–H and O–H groups in total. The molecule has 0 aliphatic carbocycles. The van der Waals surface area contributed by atoms with E-state index in [-0.39, 0.29) is 31.7 Å². The first-order chi connectivity index (χ1) is 23.8. The van der Waals surface area contributed by atoms with Crippen LogP contribution in [-0.2, 0) is 43.2 Å². The van der Waals surface area contributed by atoms with Crippen LogP contribution in [0.4, 0.5) is 0 Å². The van der Waals surface area contributed by atoms with E-state index in [1.807, 2.05) is 13.8 Å². The molecule has 1 saturated heterocycles. The summed E-state index contributed by atoms with van der Waals surface area (Å²) in [4.78, 5) is 114. The number of carboxylic acid groups (broad SMARTS) is 1.